The molecule has 0 aliphatic heterocycles. The summed E-state index contributed by atoms with van der Waals surface area (Å²) in [5.74, 6) is -0.523. The maximum atomic E-state index is 11.7. The summed E-state index contributed by atoms with van der Waals surface area (Å²) in [6, 6.07) is 5.34. The Morgan fingerprint density at radius 2 is 2.00 bits per heavy atom. The highest BCUT2D eigenvalue weighted by atomic mass is 16.2. The number of rotatable bonds is 6. The third-order valence-electron chi connectivity index (χ3n) is 2.69. The molecular weight excluding hydrogens is 242 g/mol. The van der Waals surface area contributed by atoms with E-state index in [0.29, 0.717) is 30.3 Å². The number of hydrogen-bond donors (Lipinski definition) is 3. The van der Waals surface area contributed by atoms with Crippen LogP contribution in [0.2, 0.25) is 0 Å². The van der Waals surface area contributed by atoms with Crippen molar-refractivity contribution in [3.63, 3.8) is 0 Å². The number of primary amides is 1. The summed E-state index contributed by atoms with van der Waals surface area (Å²) in [7, 11) is 0. The van der Waals surface area contributed by atoms with Crippen LogP contribution in [-0.2, 0) is 4.79 Å². The number of carbonyl (C=O) groups excluding carboxylic acids is 2. The molecule has 2 amide bonds. The van der Waals surface area contributed by atoms with Crippen LogP contribution in [0.1, 0.15) is 36.2 Å². The number of aryl methyl sites for hydroxylation is 1. The monoisotopic (exact) mass is 263 g/mol. The molecule has 0 spiro atoms. The van der Waals surface area contributed by atoms with Gasteiger partial charge < -0.3 is 16.4 Å². The van der Waals surface area contributed by atoms with E-state index in [9.17, 15) is 9.59 Å². The fourth-order valence-electron chi connectivity index (χ4n) is 1.64. The minimum absolute atomic E-state index is 0.0527. The predicted octanol–water partition coefficient (Wildman–Crippen LogP) is 1.42. The second-order valence-electron chi connectivity index (χ2n) is 4.80. The van der Waals surface area contributed by atoms with Crippen molar-refractivity contribution in [2.45, 2.75) is 33.2 Å². The molecule has 1 aromatic carbocycles. The molecule has 1 rings (SSSR count). The molecular formula is C14H21N3O2. The SMILES string of the molecule is Cc1cc(C(N)=O)ccc1NC(=O)CCNC(C)C. The van der Waals surface area contributed by atoms with Crippen LogP contribution in [0.4, 0.5) is 5.69 Å². The molecule has 104 valence electrons. The van der Waals surface area contributed by atoms with Gasteiger partial charge in [0.2, 0.25) is 11.8 Å². The van der Waals surface area contributed by atoms with Gasteiger partial charge in [-0.1, -0.05) is 13.8 Å². The van der Waals surface area contributed by atoms with Crippen LogP contribution in [-0.4, -0.2) is 24.4 Å². The average molecular weight is 263 g/mol. The Morgan fingerprint density at radius 3 is 2.53 bits per heavy atom. The van der Waals surface area contributed by atoms with Crippen molar-refractivity contribution >= 4 is 17.5 Å². The highest BCUT2D eigenvalue weighted by molar-refractivity contribution is 5.95. The van der Waals surface area contributed by atoms with Crippen molar-refractivity contribution in [1.82, 2.24) is 5.32 Å². The topological polar surface area (TPSA) is 84.2 Å². The second-order valence-corrected chi connectivity index (χ2v) is 4.80. The van der Waals surface area contributed by atoms with Gasteiger partial charge in [-0.05, 0) is 30.7 Å². The minimum Gasteiger partial charge on any atom is -0.366 e. The Morgan fingerprint density at radius 1 is 1.32 bits per heavy atom. The number of amides is 2. The predicted molar refractivity (Wildman–Crippen MR) is 76.1 cm³/mol. The molecule has 0 aliphatic carbocycles. The molecule has 0 bridgehead atoms. The third kappa shape index (κ3) is 5.09. The van der Waals surface area contributed by atoms with Crippen molar-refractivity contribution in [1.29, 1.82) is 0 Å². The second kappa shape index (κ2) is 6.89. The first-order valence-corrected chi connectivity index (χ1v) is 6.34. The van der Waals surface area contributed by atoms with Crippen molar-refractivity contribution in [2.75, 3.05) is 11.9 Å². The number of nitrogens with one attached hydrogen (secondary N) is 2. The Bertz CT molecular complexity index is 470. The molecule has 0 saturated carbocycles. The molecule has 0 saturated heterocycles. The molecule has 5 heteroatoms. The van der Waals surface area contributed by atoms with Gasteiger partial charge in [0.05, 0.1) is 0 Å². The van der Waals surface area contributed by atoms with Crippen molar-refractivity contribution in [3.05, 3.63) is 29.3 Å². The summed E-state index contributed by atoms with van der Waals surface area (Å²) in [5, 5.41) is 6.00. The lowest BCUT2D eigenvalue weighted by Crippen LogP contribution is -2.27. The van der Waals surface area contributed by atoms with Crippen LogP contribution in [0.15, 0.2) is 18.2 Å². The van der Waals surface area contributed by atoms with E-state index < -0.39 is 5.91 Å². The quantitative estimate of drug-likeness (QED) is 0.725. The van der Waals surface area contributed by atoms with Crippen LogP contribution in [0.25, 0.3) is 0 Å². The van der Waals surface area contributed by atoms with E-state index in [1.165, 1.54) is 0 Å². The maximum absolute atomic E-state index is 11.7. The molecule has 0 heterocycles. The zero-order valence-electron chi connectivity index (χ0n) is 11.6. The standard InChI is InChI=1S/C14H21N3O2/c1-9(2)16-7-6-13(18)17-12-5-4-11(14(15)19)8-10(12)3/h4-5,8-9,16H,6-7H2,1-3H3,(H2,15,19)(H,17,18). The van der Waals surface area contributed by atoms with Crippen LogP contribution >= 0.6 is 0 Å². The fourth-order valence-corrected chi connectivity index (χ4v) is 1.64. The van der Waals surface area contributed by atoms with E-state index in [4.69, 9.17) is 5.73 Å². The third-order valence-corrected chi connectivity index (χ3v) is 2.69. The Kier molecular flexibility index (Phi) is 5.51. The molecule has 0 atom stereocenters. The lowest BCUT2D eigenvalue weighted by Gasteiger charge is -2.11. The van der Waals surface area contributed by atoms with E-state index in [-0.39, 0.29) is 5.91 Å². The van der Waals surface area contributed by atoms with E-state index in [0.717, 1.165) is 5.56 Å². The highest BCUT2D eigenvalue weighted by Crippen LogP contribution is 2.16. The zero-order valence-corrected chi connectivity index (χ0v) is 11.6. The molecule has 0 fully saturated rings. The number of anilines is 1. The van der Waals surface area contributed by atoms with Crippen LogP contribution in [0.3, 0.4) is 0 Å². The van der Waals surface area contributed by atoms with E-state index in [1.54, 1.807) is 18.2 Å². The zero-order chi connectivity index (χ0) is 14.4. The van der Waals surface area contributed by atoms with Gasteiger partial charge in [0.1, 0.15) is 0 Å². The van der Waals surface area contributed by atoms with Gasteiger partial charge in [-0.25, -0.2) is 0 Å². The molecule has 0 aliphatic rings. The van der Waals surface area contributed by atoms with Crippen LogP contribution in [0, 0.1) is 6.92 Å². The Balaban J connectivity index is 2.57. The molecule has 4 N–H and O–H groups in total. The largest absolute Gasteiger partial charge is 0.366 e. The smallest absolute Gasteiger partial charge is 0.248 e. The van der Waals surface area contributed by atoms with E-state index in [2.05, 4.69) is 10.6 Å². The summed E-state index contributed by atoms with van der Waals surface area (Å²) in [6.45, 7) is 6.53. The van der Waals surface area contributed by atoms with Gasteiger partial charge in [0.15, 0.2) is 0 Å². The van der Waals surface area contributed by atoms with Crippen LogP contribution < -0.4 is 16.4 Å². The van der Waals surface area contributed by atoms with E-state index in [1.807, 2.05) is 20.8 Å². The summed E-state index contributed by atoms with van der Waals surface area (Å²) >= 11 is 0. The first-order valence-electron chi connectivity index (χ1n) is 6.34. The molecule has 0 aromatic heterocycles. The first kappa shape index (κ1) is 15.2. The van der Waals surface area contributed by atoms with Gasteiger partial charge in [-0.3, -0.25) is 9.59 Å². The summed E-state index contributed by atoms with van der Waals surface area (Å²) < 4.78 is 0. The molecule has 19 heavy (non-hydrogen) atoms. The lowest BCUT2D eigenvalue weighted by molar-refractivity contribution is -0.116. The number of carbonyl (C=O) groups is 2. The van der Waals surface area contributed by atoms with Gasteiger partial charge in [-0.2, -0.15) is 0 Å². The highest BCUT2D eigenvalue weighted by Gasteiger charge is 2.07. The van der Waals surface area contributed by atoms with Gasteiger partial charge in [0.25, 0.3) is 0 Å². The molecule has 0 unspecified atom stereocenters. The van der Waals surface area contributed by atoms with Crippen molar-refractivity contribution in [2.24, 2.45) is 5.73 Å². The Labute approximate surface area is 113 Å². The van der Waals surface area contributed by atoms with Crippen molar-refractivity contribution < 1.29 is 9.59 Å². The Hall–Kier alpha value is -1.88. The molecule has 1 aromatic rings. The van der Waals surface area contributed by atoms with Gasteiger partial charge in [0, 0.05) is 30.3 Å². The molecule has 5 nitrogen and oxygen atoms in total. The first-order chi connectivity index (χ1) is 8.90. The van der Waals surface area contributed by atoms with Crippen LogP contribution in [0.5, 0.6) is 0 Å². The van der Waals surface area contributed by atoms with Gasteiger partial charge in [-0.15, -0.1) is 0 Å². The number of hydrogen-bond acceptors (Lipinski definition) is 3. The number of benzene rings is 1. The maximum Gasteiger partial charge on any atom is 0.248 e. The molecule has 0 radical (unpaired) electrons. The van der Waals surface area contributed by atoms with Crippen molar-refractivity contribution in [3.8, 4) is 0 Å². The minimum atomic E-state index is -0.470. The summed E-state index contributed by atoms with van der Waals surface area (Å²) in [6.07, 6.45) is 0.412. The van der Waals surface area contributed by atoms with Gasteiger partial charge >= 0.3 is 0 Å². The van der Waals surface area contributed by atoms with E-state index >= 15 is 0 Å². The summed E-state index contributed by atoms with van der Waals surface area (Å²) in [4.78, 5) is 22.7. The summed E-state index contributed by atoms with van der Waals surface area (Å²) in [5.41, 5.74) is 7.16. The normalized spacial score (nSPS) is 10.5. The lowest BCUT2D eigenvalue weighted by atomic mass is 10.1. The number of nitrogens with two attached hydrogens (primary N) is 1. The fraction of sp³-hybridized carbons (Fsp3) is 0.429. The average Bonchev–Trinajstić information content (AvgIpc) is 2.31.